The number of hydrogen-bond donors (Lipinski definition) is 1. The smallest absolute Gasteiger partial charge is 0.174 e. The maximum absolute atomic E-state index is 6.18. The summed E-state index contributed by atoms with van der Waals surface area (Å²) in [7, 11) is 0. The summed E-state index contributed by atoms with van der Waals surface area (Å²) in [4.78, 5) is 6.85. The van der Waals surface area contributed by atoms with Gasteiger partial charge in [-0.2, -0.15) is 0 Å². The van der Waals surface area contributed by atoms with Crippen molar-refractivity contribution >= 4 is 34.6 Å². The molecule has 2 atom stereocenters. The molecule has 1 N–H and O–H groups in total. The van der Waals surface area contributed by atoms with Crippen LogP contribution in [0.3, 0.4) is 0 Å². The van der Waals surface area contributed by atoms with Crippen LogP contribution in [0.15, 0.2) is 79.0 Å². The molecular formula is C27H25ClN4S. The number of thiocarbonyl (C=S) groups is 1. The molecule has 166 valence electrons. The molecule has 0 spiro atoms. The van der Waals surface area contributed by atoms with Crippen LogP contribution >= 0.6 is 23.8 Å². The van der Waals surface area contributed by atoms with Crippen molar-refractivity contribution in [2.24, 2.45) is 0 Å². The van der Waals surface area contributed by atoms with Gasteiger partial charge in [0.2, 0.25) is 0 Å². The van der Waals surface area contributed by atoms with Gasteiger partial charge in [0.15, 0.2) is 5.11 Å². The van der Waals surface area contributed by atoms with Gasteiger partial charge in [-0.1, -0.05) is 35.4 Å². The third-order valence-electron chi connectivity index (χ3n) is 6.28. The van der Waals surface area contributed by atoms with E-state index in [0.717, 1.165) is 17.1 Å². The van der Waals surface area contributed by atoms with Gasteiger partial charge in [-0.15, -0.1) is 0 Å². The number of hydrogen-bond acceptors (Lipinski definition) is 2. The minimum Gasteiger partial charge on any atom is -0.351 e. The van der Waals surface area contributed by atoms with Gasteiger partial charge in [0, 0.05) is 34.0 Å². The number of aromatic nitrogens is 2. The first-order valence-corrected chi connectivity index (χ1v) is 11.7. The Kier molecular flexibility index (Phi) is 5.69. The second-order valence-corrected chi connectivity index (χ2v) is 9.29. The molecule has 2 aromatic heterocycles. The zero-order chi connectivity index (χ0) is 23.1. The SMILES string of the molecule is Cc1ccc(-n2c(C)cc([C@H]3[C@H](c4ccccn4)NC(=S)N3c3ccc(Cl)cc3)c2C)cc1. The summed E-state index contributed by atoms with van der Waals surface area (Å²) in [5, 5.41) is 4.92. The lowest BCUT2D eigenvalue weighted by Gasteiger charge is -2.28. The molecule has 1 saturated heterocycles. The molecule has 33 heavy (non-hydrogen) atoms. The van der Waals surface area contributed by atoms with E-state index in [1.54, 1.807) is 0 Å². The molecule has 1 fully saturated rings. The molecule has 3 heterocycles. The Hall–Kier alpha value is -3.15. The van der Waals surface area contributed by atoms with Crippen LogP contribution < -0.4 is 10.2 Å². The van der Waals surface area contributed by atoms with Crippen LogP contribution in [0.25, 0.3) is 5.69 Å². The highest BCUT2D eigenvalue weighted by atomic mass is 35.5. The van der Waals surface area contributed by atoms with Crippen LogP contribution in [0.4, 0.5) is 5.69 Å². The predicted molar refractivity (Wildman–Crippen MR) is 139 cm³/mol. The van der Waals surface area contributed by atoms with E-state index in [1.165, 1.54) is 22.5 Å². The Bertz CT molecular complexity index is 1300. The molecule has 4 aromatic rings. The van der Waals surface area contributed by atoms with E-state index in [9.17, 15) is 0 Å². The Morgan fingerprint density at radius 2 is 1.61 bits per heavy atom. The van der Waals surface area contributed by atoms with Crippen molar-refractivity contribution in [2.75, 3.05) is 4.90 Å². The molecule has 0 unspecified atom stereocenters. The Labute approximate surface area is 204 Å². The molecule has 0 saturated carbocycles. The summed E-state index contributed by atoms with van der Waals surface area (Å²) in [6.45, 7) is 6.44. The van der Waals surface area contributed by atoms with Crippen molar-refractivity contribution in [3.05, 3.63) is 112 Å². The summed E-state index contributed by atoms with van der Waals surface area (Å²) < 4.78 is 2.31. The molecule has 5 rings (SSSR count). The largest absolute Gasteiger partial charge is 0.351 e. The number of pyridine rings is 1. The van der Waals surface area contributed by atoms with Gasteiger partial charge in [0.1, 0.15) is 0 Å². The van der Waals surface area contributed by atoms with Gasteiger partial charge in [-0.05, 0) is 93.1 Å². The van der Waals surface area contributed by atoms with Crippen LogP contribution in [-0.4, -0.2) is 14.7 Å². The number of aryl methyl sites for hydroxylation is 2. The number of anilines is 1. The third kappa shape index (κ3) is 3.92. The molecule has 0 radical (unpaired) electrons. The molecule has 6 heteroatoms. The van der Waals surface area contributed by atoms with E-state index in [-0.39, 0.29) is 12.1 Å². The van der Waals surface area contributed by atoms with Gasteiger partial charge < -0.3 is 14.8 Å². The average molecular weight is 473 g/mol. The minimum absolute atomic E-state index is 0.0565. The van der Waals surface area contributed by atoms with Gasteiger partial charge in [-0.25, -0.2) is 0 Å². The van der Waals surface area contributed by atoms with E-state index >= 15 is 0 Å². The molecule has 0 bridgehead atoms. The van der Waals surface area contributed by atoms with Crippen LogP contribution in [0.5, 0.6) is 0 Å². The highest BCUT2D eigenvalue weighted by Crippen LogP contribution is 2.43. The second kappa shape index (κ2) is 8.65. The van der Waals surface area contributed by atoms with E-state index in [2.05, 4.69) is 76.9 Å². The predicted octanol–water partition coefficient (Wildman–Crippen LogP) is 6.63. The zero-order valence-electron chi connectivity index (χ0n) is 18.8. The lowest BCUT2D eigenvalue weighted by molar-refractivity contribution is 0.565. The second-order valence-electron chi connectivity index (χ2n) is 8.47. The lowest BCUT2D eigenvalue weighted by Crippen LogP contribution is -2.29. The Morgan fingerprint density at radius 1 is 0.909 bits per heavy atom. The number of benzene rings is 2. The first kappa shape index (κ1) is 21.7. The van der Waals surface area contributed by atoms with Crippen molar-refractivity contribution in [3.8, 4) is 5.69 Å². The number of halogens is 1. The Morgan fingerprint density at radius 3 is 2.27 bits per heavy atom. The molecule has 0 amide bonds. The molecule has 2 aromatic carbocycles. The summed E-state index contributed by atoms with van der Waals surface area (Å²) >= 11 is 12.0. The highest BCUT2D eigenvalue weighted by molar-refractivity contribution is 7.80. The fourth-order valence-corrected chi connectivity index (χ4v) is 5.20. The minimum atomic E-state index is -0.0821. The first-order chi connectivity index (χ1) is 15.9. The van der Waals surface area contributed by atoms with Gasteiger partial charge >= 0.3 is 0 Å². The fraction of sp³-hybridized carbons (Fsp3) is 0.185. The van der Waals surface area contributed by atoms with Crippen LogP contribution in [0, 0.1) is 20.8 Å². The summed E-state index contributed by atoms with van der Waals surface area (Å²) in [5.74, 6) is 0. The van der Waals surface area contributed by atoms with E-state index < -0.39 is 0 Å². The quantitative estimate of drug-likeness (QED) is 0.338. The van der Waals surface area contributed by atoms with E-state index in [0.29, 0.717) is 10.1 Å². The van der Waals surface area contributed by atoms with Crippen molar-refractivity contribution in [1.29, 1.82) is 0 Å². The number of nitrogens with zero attached hydrogens (tertiary/aromatic N) is 3. The standard InChI is InChI=1S/C27H25ClN4S/c1-17-7-11-21(12-8-17)31-18(2)16-23(19(31)3)26-25(24-6-4-5-15-29-24)30-27(33)32(26)22-13-9-20(28)10-14-22/h4-16,25-26H,1-3H3,(H,30,33)/t25-,26-/m0/s1. The molecule has 1 aliphatic heterocycles. The van der Waals surface area contributed by atoms with Gasteiger partial charge in [0.05, 0.1) is 17.8 Å². The van der Waals surface area contributed by atoms with Gasteiger partial charge in [0.25, 0.3) is 0 Å². The molecular weight excluding hydrogens is 448 g/mol. The summed E-state index contributed by atoms with van der Waals surface area (Å²) in [5.41, 5.74) is 7.94. The normalized spacial score (nSPS) is 17.9. The monoisotopic (exact) mass is 472 g/mol. The van der Waals surface area contributed by atoms with Crippen LogP contribution in [-0.2, 0) is 0 Å². The van der Waals surface area contributed by atoms with Crippen molar-refractivity contribution in [2.45, 2.75) is 32.9 Å². The van der Waals surface area contributed by atoms with Crippen LogP contribution in [0.2, 0.25) is 5.02 Å². The first-order valence-electron chi connectivity index (χ1n) is 11.0. The zero-order valence-corrected chi connectivity index (χ0v) is 20.4. The molecule has 0 aliphatic carbocycles. The fourth-order valence-electron chi connectivity index (χ4n) is 4.73. The number of rotatable bonds is 4. The van der Waals surface area contributed by atoms with E-state index in [4.69, 9.17) is 23.8 Å². The summed E-state index contributed by atoms with van der Waals surface area (Å²) in [6.07, 6.45) is 1.83. The number of nitrogens with one attached hydrogen (secondary N) is 1. The van der Waals surface area contributed by atoms with Crippen LogP contribution in [0.1, 0.15) is 40.3 Å². The van der Waals surface area contributed by atoms with Crippen molar-refractivity contribution in [1.82, 2.24) is 14.9 Å². The third-order valence-corrected chi connectivity index (χ3v) is 6.85. The maximum Gasteiger partial charge on any atom is 0.174 e. The lowest BCUT2D eigenvalue weighted by atomic mass is 9.96. The Balaban J connectivity index is 1.67. The molecule has 1 aliphatic rings. The molecule has 4 nitrogen and oxygen atoms in total. The maximum atomic E-state index is 6.18. The van der Waals surface area contributed by atoms with Crippen molar-refractivity contribution in [3.63, 3.8) is 0 Å². The topological polar surface area (TPSA) is 33.1 Å². The van der Waals surface area contributed by atoms with Crippen molar-refractivity contribution < 1.29 is 0 Å². The summed E-state index contributed by atoms with van der Waals surface area (Å²) in [6, 6.07) is 24.6. The highest BCUT2D eigenvalue weighted by Gasteiger charge is 2.42. The van der Waals surface area contributed by atoms with Gasteiger partial charge in [-0.3, -0.25) is 4.98 Å². The average Bonchev–Trinajstić information content (AvgIpc) is 3.31. The van der Waals surface area contributed by atoms with E-state index in [1.807, 2.05) is 42.6 Å².